The number of thiazole rings is 1. The van der Waals surface area contributed by atoms with Crippen LogP contribution in [-0.4, -0.2) is 27.5 Å². The number of aromatic amines is 2. The second kappa shape index (κ2) is 6.33. The number of benzene rings is 1. The number of anilines is 1. The van der Waals surface area contributed by atoms with Crippen LogP contribution in [0.15, 0.2) is 34.1 Å². The van der Waals surface area contributed by atoms with Crippen molar-refractivity contribution in [2.24, 2.45) is 0 Å². The first-order valence-corrected chi connectivity index (χ1v) is 8.16. The number of thioether (sulfide) groups is 1. The lowest BCUT2D eigenvalue weighted by Crippen LogP contribution is -2.04. The quantitative estimate of drug-likeness (QED) is 0.369. The Balaban J connectivity index is 1.47. The molecule has 1 aromatic carbocycles. The van der Waals surface area contributed by atoms with Crippen molar-refractivity contribution in [3.05, 3.63) is 39.6 Å². The zero-order valence-electron chi connectivity index (χ0n) is 11.3. The number of rotatable bonds is 6. The minimum absolute atomic E-state index is 0.0900. The van der Waals surface area contributed by atoms with Gasteiger partial charge in [0.05, 0.1) is 17.5 Å². The van der Waals surface area contributed by atoms with Gasteiger partial charge in [0, 0.05) is 21.7 Å². The molecule has 8 heteroatoms. The monoisotopic (exact) mass is 322 g/mol. The van der Waals surface area contributed by atoms with Gasteiger partial charge in [-0.3, -0.25) is 19.8 Å². The summed E-state index contributed by atoms with van der Waals surface area (Å²) in [5.74, 6) is 0.803. The summed E-state index contributed by atoms with van der Waals surface area (Å²) in [4.78, 5) is 23.1. The van der Waals surface area contributed by atoms with Crippen molar-refractivity contribution in [3.63, 3.8) is 0 Å². The normalized spacial score (nSPS) is 11.1. The predicted octanol–water partition coefficient (Wildman–Crippen LogP) is 2.76. The van der Waals surface area contributed by atoms with Gasteiger partial charge in [0.25, 0.3) is 5.56 Å². The molecule has 0 bridgehead atoms. The van der Waals surface area contributed by atoms with Crippen LogP contribution >= 0.6 is 23.1 Å². The molecule has 3 aromatic rings. The zero-order chi connectivity index (χ0) is 14.7. The van der Waals surface area contributed by atoms with Gasteiger partial charge in [0.15, 0.2) is 0 Å². The van der Waals surface area contributed by atoms with Gasteiger partial charge >= 0.3 is 0 Å². The van der Waals surface area contributed by atoms with E-state index in [1.54, 1.807) is 29.3 Å². The molecule has 3 rings (SSSR count). The fourth-order valence-corrected chi connectivity index (χ4v) is 3.21. The molecule has 110 valence electrons. The maximum Gasteiger partial charge on any atom is 0.271 e. The smallest absolute Gasteiger partial charge is 0.271 e. The summed E-state index contributed by atoms with van der Waals surface area (Å²) < 4.78 is 0. The molecule has 0 saturated carbocycles. The van der Waals surface area contributed by atoms with Crippen molar-refractivity contribution in [1.82, 2.24) is 15.2 Å². The Hall–Kier alpha value is -1.77. The molecule has 0 aliphatic heterocycles. The molecule has 21 heavy (non-hydrogen) atoms. The third kappa shape index (κ3) is 3.46. The first kappa shape index (κ1) is 14.2. The number of H-pyrrole nitrogens is 2. The molecule has 0 saturated heterocycles. The molecule has 0 aliphatic rings. The van der Waals surface area contributed by atoms with E-state index in [1.165, 1.54) is 0 Å². The minimum atomic E-state index is -0.0900. The second-order valence-corrected chi connectivity index (χ2v) is 6.76. The van der Waals surface area contributed by atoms with Gasteiger partial charge in [-0.25, -0.2) is 10.5 Å². The Morgan fingerprint density at radius 1 is 1.43 bits per heavy atom. The molecular weight excluding hydrogens is 308 g/mol. The van der Waals surface area contributed by atoms with Crippen LogP contribution in [0.5, 0.6) is 0 Å². The lowest BCUT2D eigenvalue weighted by Gasteiger charge is -2.04. The summed E-state index contributed by atoms with van der Waals surface area (Å²) in [7, 11) is 0. The van der Waals surface area contributed by atoms with E-state index in [4.69, 9.17) is 4.84 Å². The maximum atomic E-state index is 11.4. The Morgan fingerprint density at radius 3 is 3.14 bits per heavy atom. The molecule has 0 unspecified atom stereocenters. The fourth-order valence-electron chi connectivity index (χ4n) is 1.82. The molecule has 2 aromatic heterocycles. The van der Waals surface area contributed by atoms with Crippen LogP contribution in [0.1, 0.15) is 4.88 Å². The highest BCUT2D eigenvalue weighted by atomic mass is 32.2. The van der Waals surface area contributed by atoms with E-state index in [1.807, 2.05) is 25.1 Å². The van der Waals surface area contributed by atoms with Gasteiger partial charge in [-0.15, -0.1) is 23.1 Å². The van der Waals surface area contributed by atoms with Crippen LogP contribution in [-0.2, 0) is 4.84 Å². The van der Waals surface area contributed by atoms with Crippen LogP contribution in [0.25, 0.3) is 10.9 Å². The summed E-state index contributed by atoms with van der Waals surface area (Å²) in [5, 5.41) is 6.87. The summed E-state index contributed by atoms with van der Waals surface area (Å²) in [5.41, 5.74) is 3.56. The highest BCUT2D eigenvalue weighted by Gasteiger charge is 2.02. The predicted molar refractivity (Wildman–Crippen MR) is 86.1 cm³/mol. The third-order valence-corrected chi connectivity index (χ3v) is 4.55. The van der Waals surface area contributed by atoms with E-state index in [0.29, 0.717) is 12.0 Å². The van der Waals surface area contributed by atoms with Gasteiger partial charge in [-0.1, -0.05) is 0 Å². The standard InChI is InChI=1S/C13H14N4O2S2/c1-8-7-14-13(21-8)17-19-4-5-20-9-2-3-10-11(6-9)15-16-12(10)18/h2-3,6-7H,4-5H2,1H3,(H,14,17)(H2,15,16,18). The number of hydrogen-bond acceptors (Lipinski definition) is 6. The van der Waals surface area contributed by atoms with E-state index < -0.39 is 0 Å². The Kier molecular flexibility index (Phi) is 4.28. The number of fused-ring (bicyclic) bond motifs is 1. The van der Waals surface area contributed by atoms with Gasteiger partial charge < -0.3 is 0 Å². The van der Waals surface area contributed by atoms with Gasteiger partial charge in [-0.05, 0) is 25.1 Å². The van der Waals surface area contributed by atoms with Crippen LogP contribution in [0, 0.1) is 6.92 Å². The van der Waals surface area contributed by atoms with E-state index in [0.717, 1.165) is 26.2 Å². The summed E-state index contributed by atoms with van der Waals surface area (Å²) in [6, 6.07) is 5.72. The lowest BCUT2D eigenvalue weighted by atomic mass is 10.2. The molecule has 0 fully saturated rings. The number of aromatic nitrogens is 3. The molecule has 3 N–H and O–H groups in total. The average molecular weight is 322 g/mol. The van der Waals surface area contributed by atoms with Crippen molar-refractivity contribution >= 4 is 39.1 Å². The van der Waals surface area contributed by atoms with Crippen LogP contribution in [0.3, 0.4) is 0 Å². The number of nitrogens with zero attached hydrogens (tertiary/aromatic N) is 1. The van der Waals surface area contributed by atoms with Crippen molar-refractivity contribution in [3.8, 4) is 0 Å². The summed E-state index contributed by atoms with van der Waals surface area (Å²) >= 11 is 3.22. The fraction of sp³-hybridized carbons (Fsp3) is 0.231. The molecule has 6 nitrogen and oxygen atoms in total. The second-order valence-electron chi connectivity index (χ2n) is 4.36. The Bertz CT molecular complexity index is 793. The molecule has 2 heterocycles. The van der Waals surface area contributed by atoms with E-state index in [2.05, 4.69) is 20.7 Å². The molecule has 0 spiro atoms. The van der Waals surface area contributed by atoms with Crippen molar-refractivity contribution < 1.29 is 4.84 Å². The first-order chi connectivity index (χ1) is 10.2. The van der Waals surface area contributed by atoms with Gasteiger partial charge in [0.1, 0.15) is 0 Å². The van der Waals surface area contributed by atoms with Gasteiger partial charge in [0.2, 0.25) is 5.13 Å². The highest BCUT2D eigenvalue weighted by molar-refractivity contribution is 7.99. The zero-order valence-corrected chi connectivity index (χ0v) is 12.9. The van der Waals surface area contributed by atoms with E-state index >= 15 is 0 Å². The molecule has 0 radical (unpaired) electrons. The largest absolute Gasteiger partial charge is 0.297 e. The van der Waals surface area contributed by atoms with E-state index in [9.17, 15) is 4.79 Å². The molecule has 0 aliphatic carbocycles. The van der Waals surface area contributed by atoms with Crippen molar-refractivity contribution in [1.29, 1.82) is 0 Å². The maximum absolute atomic E-state index is 11.4. The number of hydrogen-bond donors (Lipinski definition) is 3. The first-order valence-electron chi connectivity index (χ1n) is 6.36. The van der Waals surface area contributed by atoms with Gasteiger partial charge in [-0.2, -0.15) is 0 Å². The van der Waals surface area contributed by atoms with Crippen LogP contribution in [0.4, 0.5) is 5.13 Å². The number of nitrogens with one attached hydrogen (secondary N) is 3. The minimum Gasteiger partial charge on any atom is -0.297 e. The topological polar surface area (TPSA) is 82.8 Å². The summed E-state index contributed by atoms with van der Waals surface area (Å²) in [6.45, 7) is 2.56. The molecular formula is C13H14N4O2S2. The Morgan fingerprint density at radius 2 is 2.33 bits per heavy atom. The van der Waals surface area contributed by atoms with Crippen molar-refractivity contribution in [2.75, 3.05) is 17.8 Å². The van der Waals surface area contributed by atoms with Crippen molar-refractivity contribution in [2.45, 2.75) is 11.8 Å². The summed E-state index contributed by atoms with van der Waals surface area (Å²) in [6.07, 6.45) is 1.80. The Labute approximate surface area is 128 Å². The number of aryl methyl sites for hydroxylation is 1. The van der Waals surface area contributed by atoms with Crippen LogP contribution < -0.4 is 11.0 Å². The highest BCUT2D eigenvalue weighted by Crippen LogP contribution is 2.21. The average Bonchev–Trinajstić information content (AvgIpc) is 3.05. The molecule has 0 atom stereocenters. The SMILES string of the molecule is Cc1cnc(NOCCSc2ccc3c(=O)[nH][nH]c3c2)s1. The van der Waals surface area contributed by atoms with E-state index in [-0.39, 0.29) is 5.56 Å². The third-order valence-electron chi connectivity index (χ3n) is 2.78. The van der Waals surface area contributed by atoms with Crippen LogP contribution in [0.2, 0.25) is 0 Å². The molecule has 0 amide bonds. The lowest BCUT2D eigenvalue weighted by molar-refractivity contribution is 0.213.